The molecule has 0 aliphatic heterocycles. The van der Waals surface area contributed by atoms with E-state index in [0.29, 0.717) is 52.8 Å². The molecule has 0 N–H and O–H groups in total. The van der Waals surface area contributed by atoms with Crippen molar-refractivity contribution in [3.63, 3.8) is 0 Å². The van der Waals surface area contributed by atoms with Gasteiger partial charge >= 0.3 is 5.97 Å². The van der Waals surface area contributed by atoms with Crippen LogP contribution in [0.5, 0.6) is 0 Å². The summed E-state index contributed by atoms with van der Waals surface area (Å²) < 4.78 is 41.2. The van der Waals surface area contributed by atoms with Gasteiger partial charge in [-0.15, -0.1) is 0 Å². The van der Waals surface area contributed by atoms with Crippen LogP contribution in [0.4, 0.5) is 0 Å². The van der Waals surface area contributed by atoms with Gasteiger partial charge in [0, 0.05) is 39.6 Å². The molecule has 0 amide bonds. The molecule has 0 bridgehead atoms. The fraction of sp³-hybridized carbons (Fsp3) is 0.809. The normalized spacial score (nSPS) is 14.0. The van der Waals surface area contributed by atoms with E-state index in [0.717, 1.165) is 109 Å². The Labute approximate surface area is 610 Å². The zero-order valence-electron chi connectivity index (χ0n) is 66.4. The first-order valence-corrected chi connectivity index (χ1v) is 41.9. The molecule has 0 aliphatic carbocycles. The molecule has 9 heteroatoms. The summed E-state index contributed by atoms with van der Waals surface area (Å²) in [5.74, 6) is -0.251. The van der Waals surface area contributed by atoms with Crippen LogP contribution in [0.2, 0.25) is 0 Å². The van der Waals surface area contributed by atoms with E-state index in [-0.39, 0.29) is 12.4 Å². The first-order chi connectivity index (χ1) is 48.2. The predicted octanol–water partition coefficient (Wildman–Crippen LogP) is 25.6. The largest absolute Gasteiger partial charge is 0.457 e. The van der Waals surface area contributed by atoms with Crippen molar-refractivity contribution >= 4 is 5.97 Å². The smallest absolute Gasteiger partial charge is 0.307 e. The molecular weight excluding hydrogens is 1210 g/mol. The second-order valence-electron chi connectivity index (χ2n) is 28.9. The van der Waals surface area contributed by atoms with Crippen LogP contribution in [0, 0.1) is 0 Å². The van der Waals surface area contributed by atoms with Crippen molar-refractivity contribution in [1.29, 1.82) is 0 Å². The zero-order chi connectivity index (χ0) is 71.2. The fourth-order valence-corrected chi connectivity index (χ4v) is 12.0. The summed E-state index contributed by atoms with van der Waals surface area (Å²) in [6, 6.07) is 0. The molecule has 572 valence electrons. The highest BCUT2D eigenvalue weighted by Gasteiger charge is 2.40. The standard InChI is InChI=1S/C89H164N2O7/c1-10-14-18-22-25-28-31-34-37-40-43-46-51-56-61-67-77-93-82-85(95-79-69-63-58-53-48-45-42-39-36-33-30-27-24-20-16-12-3)88(97-81-71-75-90(6)7)89(98-87(92)74-76-91(8)9)86(83-94-78-68-62-57-52-47-44-41-38-35-32-29-26-23-19-15-11-2)96-80-70-64-59-54-49-50-55-60-66-73-84(5)72-65-21-17-13-4/h25-30,34-39,60,66,72,85-86,88-89H,10-24,31-33,40-59,61-65,67-71,73-83H2,1-9H3/b28-25-,29-26-,30-27-,37-34-,38-35-,39-36-,66-60-,84-72+. The highest BCUT2D eigenvalue weighted by Crippen LogP contribution is 2.24. The van der Waals surface area contributed by atoms with Gasteiger partial charge in [0.2, 0.25) is 0 Å². The van der Waals surface area contributed by atoms with Crippen molar-refractivity contribution in [2.24, 2.45) is 0 Å². The first-order valence-electron chi connectivity index (χ1n) is 41.9. The minimum Gasteiger partial charge on any atom is -0.457 e. The Hall–Kier alpha value is -2.89. The number of unbranched alkanes of at least 4 members (excludes halogenated alkanes) is 36. The highest BCUT2D eigenvalue weighted by atomic mass is 16.6. The molecule has 0 aromatic heterocycles. The molecule has 0 aromatic rings. The van der Waals surface area contributed by atoms with E-state index >= 15 is 0 Å². The van der Waals surface area contributed by atoms with Crippen LogP contribution in [0.15, 0.2) is 96.7 Å². The summed E-state index contributed by atoms with van der Waals surface area (Å²) in [4.78, 5) is 18.5. The lowest BCUT2D eigenvalue weighted by atomic mass is 10.0. The molecular formula is C89H164N2O7. The van der Waals surface area contributed by atoms with Crippen molar-refractivity contribution in [2.45, 2.75) is 380 Å². The maximum absolute atomic E-state index is 14.3. The second kappa shape index (κ2) is 79.8. The molecule has 0 saturated heterocycles. The molecule has 0 rings (SSSR count). The maximum atomic E-state index is 14.3. The fourth-order valence-electron chi connectivity index (χ4n) is 12.0. The van der Waals surface area contributed by atoms with Crippen molar-refractivity contribution < 1.29 is 33.2 Å². The molecule has 4 atom stereocenters. The number of ether oxygens (including phenoxy) is 6. The van der Waals surface area contributed by atoms with Crippen LogP contribution in [-0.4, -0.2) is 128 Å². The summed E-state index contributed by atoms with van der Waals surface area (Å²) in [6.07, 6.45) is 91.5. The van der Waals surface area contributed by atoms with Crippen LogP contribution < -0.4 is 0 Å². The molecule has 98 heavy (non-hydrogen) atoms. The van der Waals surface area contributed by atoms with Gasteiger partial charge in [0.25, 0.3) is 0 Å². The molecule has 0 heterocycles. The van der Waals surface area contributed by atoms with Crippen LogP contribution in [0.25, 0.3) is 0 Å². The maximum Gasteiger partial charge on any atom is 0.307 e. The number of carbonyl (C=O) groups is 1. The summed E-state index contributed by atoms with van der Waals surface area (Å²) in [6.45, 7) is 16.4. The Morgan fingerprint density at radius 1 is 0.316 bits per heavy atom. The number of nitrogens with zero attached hydrogens (tertiary/aromatic N) is 2. The van der Waals surface area contributed by atoms with E-state index in [1.807, 2.05) is 19.0 Å². The molecule has 0 spiro atoms. The lowest BCUT2D eigenvalue weighted by molar-refractivity contribution is -0.203. The van der Waals surface area contributed by atoms with Gasteiger partial charge in [0.15, 0.2) is 6.10 Å². The Kier molecular flexibility index (Phi) is 77.5. The quantitative estimate of drug-likeness (QED) is 0.0336. The molecule has 0 saturated carbocycles. The van der Waals surface area contributed by atoms with E-state index in [4.69, 9.17) is 28.4 Å². The van der Waals surface area contributed by atoms with Gasteiger partial charge in [-0.05, 0) is 202 Å². The molecule has 9 nitrogen and oxygen atoms in total. The Morgan fingerprint density at radius 3 is 0.990 bits per heavy atom. The minimum absolute atomic E-state index is 0.251. The van der Waals surface area contributed by atoms with Gasteiger partial charge in [-0.25, -0.2) is 0 Å². The lowest BCUT2D eigenvalue weighted by Crippen LogP contribution is -2.53. The Balaban J connectivity index is 6.43. The summed E-state index contributed by atoms with van der Waals surface area (Å²) >= 11 is 0. The Bertz CT molecular complexity index is 1870. The first kappa shape index (κ1) is 95.1. The van der Waals surface area contributed by atoms with Crippen molar-refractivity contribution in [1.82, 2.24) is 9.80 Å². The Morgan fingerprint density at radius 2 is 0.622 bits per heavy atom. The van der Waals surface area contributed by atoms with Gasteiger partial charge in [0.05, 0.1) is 19.6 Å². The van der Waals surface area contributed by atoms with Crippen LogP contribution >= 0.6 is 0 Å². The van der Waals surface area contributed by atoms with E-state index < -0.39 is 24.4 Å². The monoisotopic (exact) mass is 1370 g/mol. The third kappa shape index (κ3) is 71.5. The minimum atomic E-state index is -0.750. The average molecular weight is 1370 g/mol. The second-order valence-corrected chi connectivity index (χ2v) is 28.9. The third-order valence-corrected chi connectivity index (χ3v) is 18.4. The molecule has 0 fully saturated rings. The number of hydrogen-bond acceptors (Lipinski definition) is 9. The number of esters is 1. The molecule has 0 aliphatic rings. The number of allylic oxidation sites excluding steroid dienone is 16. The summed E-state index contributed by atoms with van der Waals surface area (Å²) in [7, 11) is 8.23. The number of rotatable bonds is 78. The van der Waals surface area contributed by atoms with Gasteiger partial charge in [0.1, 0.15) is 18.3 Å². The van der Waals surface area contributed by atoms with Gasteiger partial charge in [-0.3, -0.25) is 4.79 Å². The van der Waals surface area contributed by atoms with E-state index in [1.54, 1.807) is 0 Å². The average Bonchev–Trinajstić information content (AvgIpc) is 0.853. The molecule has 4 unspecified atom stereocenters. The zero-order valence-corrected chi connectivity index (χ0v) is 66.4. The molecule has 0 radical (unpaired) electrons. The van der Waals surface area contributed by atoms with Gasteiger partial charge in [-0.2, -0.15) is 0 Å². The van der Waals surface area contributed by atoms with E-state index in [9.17, 15) is 4.79 Å². The van der Waals surface area contributed by atoms with E-state index in [1.165, 1.54) is 217 Å². The highest BCUT2D eigenvalue weighted by molar-refractivity contribution is 5.69. The number of carbonyl (C=O) groups excluding carboxylic acids is 1. The van der Waals surface area contributed by atoms with Crippen LogP contribution in [0.3, 0.4) is 0 Å². The topological polar surface area (TPSA) is 78.9 Å². The van der Waals surface area contributed by atoms with Crippen molar-refractivity contribution in [2.75, 3.05) is 87.5 Å². The van der Waals surface area contributed by atoms with E-state index in [2.05, 4.69) is 145 Å². The summed E-state index contributed by atoms with van der Waals surface area (Å²) in [5, 5.41) is 0. The van der Waals surface area contributed by atoms with Crippen molar-refractivity contribution in [3.8, 4) is 0 Å². The van der Waals surface area contributed by atoms with Gasteiger partial charge in [-0.1, -0.05) is 279 Å². The third-order valence-electron chi connectivity index (χ3n) is 18.4. The predicted molar refractivity (Wildman–Crippen MR) is 429 cm³/mol. The number of hydrogen-bond donors (Lipinski definition) is 0. The van der Waals surface area contributed by atoms with Crippen molar-refractivity contribution in [3.05, 3.63) is 96.7 Å². The van der Waals surface area contributed by atoms with Gasteiger partial charge < -0.3 is 38.2 Å². The lowest BCUT2D eigenvalue weighted by Gasteiger charge is -2.37. The SMILES string of the molecule is CCCCC/C=C\C/C=C\CCCCCCCCOCC(OCCCCCCCC/C=C\C/C=C\CCCCC)C(OCCCN(C)C)C(OC(=O)CCN(C)C)C(COCCCCCCCC/C=C\C/C=C\CCCCC)OCCCCCCCC/C=C\C/C(C)=C/CCCCC. The van der Waals surface area contributed by atoms with Crippen LogP contribution in [-0.2, 0) is 33.2 Å². The van der Waals surface area contributed by atoms with Crippen LogP contribution in [0.1, 0.15) is 356 Å². The summed E-state index contributed by atoms with van der Waals surface area (Å²) in [5.41, 5.74) is 1.49. The molecule has 0 aromatic carbocycles.